The van der Waals surface area contributed by atoms with Gasteiger partial charge in [0, 0.05) is 30.7 Å². The van der Waals surface area contributed by atoms with E-state index in [1.807, 2.05) is 37.3 Å². The van der Waals surface area contributed by atoms with Crippen LogP contribution in [0.4, 0.5) is 16.5 Å². The van der Waals surface area contributed by atoms with Gasteiger partial charge in [0.1, 0.15) is 5.69 Å². The quantitative estimate of drug-likeness (QED) is 0.334. The first kappa shape index (κ1) is 20.2. The molecule has 2 aromatic carbocycles. The van der Waals surface area contributed by atoms with E-state index in [-0.39, 0.29) is 22.2 Å². The first-order valence-electron chi connectivity index (χ1n) is 8.81. The zero-order valence-corrected chi connectivity index (χ0v) is 16.6. The number of carbonyl (C=O) groups excluding carboxylic acids is 2. The molecule has 0 aliphatic carbocycles. The van der Waals surface area contributed by atoms with Crippen LogP contribution in [0.25, 0.3) is 11.3 Å². The Labute approximate surface area is 170 Å². The molecule has 0 fully saturated rings. The summed E-state index contributed by atoms with van der Waals surface area (Å²) >= 11 is 1.07. The lowest BCUT2D eigenvalue weighted by Gasteiger charge is -2.06. The van der Waals surface area contributed by atoms with Gasteiger partial charge in [0.2, 0.25) is 0 Å². The zero-order valence-electron chi connectivity index (χ0n) is 15.8. The molecule has 1 aromatic heterocycles. The molecule has 29 heavy (non-hydrogen) atoms. The third kappa shape index (κ3) is 4.46. The normalized spacial score (nSPS) is 10.4. The summed E-state index contributed by atoms with van der Waals surface area (Å²) in [7, 11) is 0. The number of ketones is 1. The zero-order chi connectivity index (χ0) is 21.0. The first-order valence-corrected chi connectivity index (χ1v) is 9.63. The van der Waals surface area contributed by atoms with E-state index < -0.39 is 10.8 Å². The number of nitro groups is 1. The molecule has 0 atom stereocenters. The summed E-state index contributed by atoms with van der Waals surface area (Å²) in [5.74, 6) is -0.702. The number of nitrogens with zero attached hydrogens (tertiary/aromatic N) is 2. The lowest BCUT2D eigenvalue weighted by molar-refractivity contribution is -0.384. The molecule has 8 nitrogen and oxygen atoms in total. The molecule has 0 saturated heterocycles. The van der Waals surface area contributed by atoms with Crippen molar-refractivity contribution in [1.29, 1.82) is 0 Å². The lowest BCUT2D eigenvalue weighted by Crippen LogP contribution is -2.12. The van der Waals surface area contributed by atoms with E-state index in [2.05, 4.69) is 15.6 Å². The van der Waals surface area contributed by atoms with Gasteiger partial charge in [0.25, 0.3) is 11.6 Å². The summed E-state index contributed by atoms with van der Waals surface area (Å²) < 4.78 is 0. The minimum Gasteiger partial charge on any atom is -0.380 e. The maximum atomic E-state index is 12.6. The summed E-state index contributed by atoms with van der Waals surface area (Å²) in [4.78, 5) is 40.2. The summed E-state index contributed by atoms with van der Waals surface area (Å²) in [5.41, 5.74) is 1.53. The molecule has 2 N–H and O–H groups in total. The fourth-order valence-corrected chi connectivity index (χ4v) is 3.61. The highest BCUT2D eigenvalue weighted by molar-refractivity contribution is 7.18. The van der Waals surface area contributed by atoms with E-state index >= 15 is 0 Å². The molecule has 3 aromatic rings. The highest BCUT2D eigenvalue weighted by atomic mass is 32.1. The average Bonchev–Trinajstić information content (AvgIpc) is 3.13. The van der Waals surface area contributed by atoms with Crippen molar-refractivity contribution in [2.24, 2.45) is 0 Å². The number of amides is 1. The van der Waals surface area contributed by atoms with Gasteiger partial charge in [-0.2, -0.15) is 0 Å². The van der Waals surface area contributed by atoms with Crippen molar-refractivity contribution in [3.05, 3.63) is 69.1 Å². The summed E-state index contributed by atoms with van der Waals surface area (Å²) in [6.45, 7) is 3.78. The molecule has 0 bridgehead atoms. The monoisotopic (exact) mass is 410 g/mol. The molecular formula is C20H18N4O4S. The third-order valence-electron chi connectivity index (χ3n) is 4.04. The minimum absolute atomic E-state index is 0.124. The van der Waals surface area contributed by atoms with Crippen LogP contribution in [0.5, 0.6) is 0 Å². The van der Waals surface area contributed by atoms with Crippen molar-refractivity contribution < 1.29 is 14.5 Å². The Morgan fingerprint density at radius 2 is 1.90 bits per heavy atom. The van der Waals surface area contributed by atoms with E-state index in [4.69, 9.17) is 0 Å². The SMILES string of the molecule is CCNc1ccc(C(=O)Nc2nc(-c3ccccc3)c(C(C)=O)s2)cc1[N+](=O)[O-]. The van der Waals surface area contributed by atoms with Gasteiger partial charge >= 0.3 is 0 Å². The summed E-state index contributed by atoms with van der Waals surface area (Å²) in [6, 6.07) is 13.4. The minimum atomic E-state index is -0.542. The number of hydrogen-bond acceptors (Lipinski definition) is 7. The Hall–Kier alpha value is -3.59. The van der Waals surface area contributed by atoms with Crippen molar-refractivity contribution in [1.82, 2.24) is 4.98 Å². The van der Waals surface area contributed by atoms with Gasteiger partial charge in [-0.25, -0.2) is 4.98 Å². The number of nitrogens with one attached hydrogen (secondary N) is 2. The van der Waals surface area contributed by atoms with Crippen LogP contribution in [0, 0.1) is 10.1 Å². The molecule has 0 aliphatic heterocycles. The number of hydrogen-bond donors (Lipinski definition) is 2. The maximum Gasteiger partial charge on any atom is 0.293 e. The number of benzene rings is 2. The van der Waals surface area contributed by atoms with Crippen molar-refractivity contribution in [3.63, 3.8) is 0 Å². The molecule has 0 aliphatic rings. The summed E-state index contributed by atoms with van der Waals surface area (Å²) in [5, 5.41) is 17.1. The smallest absolute Gasteiger partial charge is 0.293 e. The summed E-state index contributed by atoms with van der Waals surface area (Å²) in [6.07, 6.45) is 0. The fraction of sp³-hybridized carbons (Fsp3) is 0.150. The van der Waals surface area contributed by atoms with E-state index in [9.17, 15) is 19.7 Å². The van der Waals surface area contributed by atoms with Crippen LogP contribution in [0.3, 0.4) is 0 Å². The number of anilines is 2. The van der Waals surface area contributed by atoms with Crippen LogP contribution < -0.4 is 10.6 Å². The van der Waals surface area contributed by atoms with Gasteiger partial charge in [-0.1, -0.05) is 41.7 Å². The topological polar surface area (TPSA) is 114 Å². The molecule has 1 heterocycles. The molecule has 0 radical (unpaired) electrons. The van der Waals surface area contributed by atoms with Crippen molar-refractivity contribution in [2.45, 2.75) is 13.8 Å². The molecule has 0 unspecified atom stereocenters. The number of carbonyl (C=O) groups is 2. The van der Waals surface area contributed by atoms with Crippen LogP contribution in [0.15, 0.2) is 48.5 Å². The predicted octanol–water partition coefficient (Wildman–Crippen LogP) is 4.61. The maximum absolute atomic E-state index is 12.6. The highest BCUT2D eigenvalue weighted by Crippen LogP contribution is 2.32. The van der Waals surface area contributed by atoms with Crippen LogP contribution >= 0.6 is 11.3 Å². The van der Waals surface area contributed by atoms with Crippen molar-refractivity contribution in [2.75, 3.05) is 17.2 Å². The van der Waals surface area contributed by atoms with E-state index in [0.717, 1.165) is 16.9 Å². The average molecular weight is 410 g/mol. The largest absolute Gasteiger partial charge is 0.380 e. The molecular weight excluding hydrogens is 392 g/mol. The van der Waals surface area contributed by atoms with E-state index in [1.165, 1.54) is 25.1 Å². The van der Waals surface area contributed by atoms with Crippen LogP contribution in [-0.2, 0) is 0 Å². The van der Waals surface area contributed by atoms with Gasteiger partial charge in [-0.3, -0.25) is 25.0 Å². The Morgan fingerprint density at radius 3 is 2.52 bits per heavy atom. The van der Waals surface area contributed by atoms with E-state index in [1.54, 1.807) is 0 Å². The second-order valence-corrected chi connectivity index (χ2v) is 7.09. The Balaban J connectivity index is 1.90. The van der Waals surface area contributed by atoms with E-state index in [0.29, 0.717) is 22.8 Å². The van der Waals surface area contributed by atoms with Crippen molar-refractivity contribution in [3.8, 4) is 11.3 Å². The second-order valence-electron chi connectivity index (χ2n) is 6.09. The van der Waals surface area contributed by atoms with Crippen LogP contribution in [0.2, 0.25) is 0 Å². The number of aromatic nitrogens is 1. The van der Waals surface area contributed by atoms with Gasteiger partial charge in [-0.05, 0) is 19.1 Å². The fourth-order valence-electron chi connectivity index (χ4n) is 2.74. The van der Waals surface area contributed by atoms with Crippen molar-refractivity contribution >= 4 is 39.5 Å². The number of thiazole rings is 1. The Morgan fingerprint density at radius 1 is 1.17 bits per heavy atom. The first-order chi connectivity index (χ1) is 13.9. The molecule has 0 saturated carbocycles. The number of nitro benzene ring substituents is 1. The standard InChI is InChI=1S/C20H18N4O4S/c1-3-21-15-10-9-14(11-16(15)24(27)28)19(26)23-20-22-17(18(29-20)12(2)25)13-7-5-4-6-8-13/h4-11,21H,3H2,1-2H3,(H,22,23,26). The van der Waals surface area contributed by atoms with Gasteiger partial charge in [0.05, 0.1) is 15.5 Å². The predicted molar refractivity (Wildman–Crippen MR) is 113 cm³/mol. The molecule has 3 rings (SSSR count). The lowest BCUT2D eigenvalue weighted by atomic mass is 10.1. The van der Waals surface area contributed by atoms with Gasteiger partial charge in [-0.15, -0.1) is 0 Å². The molecule has 0 spiro atoms. The van der Waals surface area contributed by atoms with Gasteiger partial charge < -0.3 is 5.32 Å². The van der Waals surface area contributed by atoms with Crippen LogP contribution in [0.1, 0.15) is 33.9 Å². The molecule has 148 valence electrons. The highest BCUT2D eigenvalue weighted by Gasteiger charge is 2.20. The van der Waals surface area contributed by atoms with Gasteiger partial charge in [0.15, 0.2) is 10.9 Å². The third-order valence-corrected chi connectivity index (χ3v) is 5.11. The Bertz CT molecular complexity index is 1080. The molecule has 1 amide bonds. The Kier molecular flexibility index (Phi) is 5.99. The molecule has 9 heteroatoms. The second kappa shape index (κ2) is 8.61. The van der Waals surface area contributed by atoms with Crippen LogP contribution in [-0.4, -0.2) is 28.1 Å². The number of Topliss-reactive ketones (excluding diaryl/α,β-unsaturated/α-hetero) is 1. The number of rotatable bonds is 7.